The number of aryl methyl sites for hydroxylation is 2. The van der Waals surface area contributed by atoms with E-state index in [4.69, 9.17) is 0 Å². The van der Waals surface area contributed by atoms with E-state index in [2.05, 4.69) is 35.8 Å². The minimum atomic E-state index is -3.46. The summed E-state index contributed by atoms with van der Waals surface area (Å²) in [7, 11) is -3.46. The van der Waals surface area contributed by atoms with Crippen molar-refractivity contribution in [3.8, 4) is 0 Å². The number of sulfone groups is 1. The van der Waals surface area contributed by atoms with E-state index < -0.39 is 9.84 Å². The summed E-state index contributed by atoms with van der Waals surface area (Å²) >= 11 is 0. The van der Waals surface area contributed by atoms with Crippen LogP contribution in [0.15, 0.2) is 11.2 Å². The fourth-order valence-corrected chi connectivity index (χ4v) is 3.30. The van der Waals surface area contributed by atoms with Crippen LogP contribution in [0.25, 0.3) is 5.78 Å². The fraction of sp³-hybridized carbons (Fsp3) is 0.643. The lowest BCUT2D eigenvalue weighted by atomic mass is 9.91. The molecule has 2 aromatic rings. The SMILES string of the molecule is Cc1cc(C)n2nc(S(=O)(=O)CCCC(C)(C)C)nc2n1. The molecule has 0 saturated carbocycles. The normalized spacial score (nSPS) is 13.0. The van der Waals surface area contributed by atoms with Crippen LogP contribution >= 0.6 is 0 Å². The molecule has 0 saturated heterocycles. The van der Waals surface area contributed by atoms with Gasteiger partial charge in [0.2, 0.25) is 9.84 Å². The highest BCUT2D eigenvalue weighted by molar-refractivity contribution is 7.91. The summed E-state index contributed by atoms with van der Waals surface area (Å²) in [5, 5.41) is 3.97. The van der Waals surface area contributed by atoms with Gasteiger partial charge in [-0.05, 0) is 38.2 Å². The maximum Gasteiger partial charge on any atom is 0.269 e. The molecule has 0 atom stereocenters. The van der Waals surface area contributed by atoms with Crippen LogP contribution in [0.3, 0.4) is 0 Å². The van der Waals surface area contributed by atoms with Gasteiger partial charge in [-0.1, -0.05) is 20.8 Å². The zero-order chi connectivity index (χ0) is 15.8. The predicted octanol–water partition coefficient (Wildman–Crippen LogP) is 2.34. The van der Waals surface area contributed by atoms with Crippen molar-refractivity contribution < 1.29 is 8.42 Å². The van der Waals surface area contributed by atoms with Gasteiger partial charge in [0, 0.05) is 11.4 Å². The van der Waals surface area contributed by atoms with E-state index in [1.54, 1.807) is 0 Å². The molecule has 0 aromatic carbocycles. The van der Waals surface area contributed by atoms with Crippen molar-refractivity contribution >= 4 is 15.6 Å². The van der Waals surface area contributed by atoms with Gasteiger partial charge in [-0.3, -0.25) is 0 Å². The number of rotatable bonds is 4. The first-order valence-electron chi connectivity index (χ1n) is 7.02. The predicted molar refractivity (Wildman–Crippen MR) is 81.0 cm³/mol. The summed E-state index contributed by atoms with van der Waals surface area (Å²) in [6.07, 6.45) is 1.45. The van der Waals surface area contributed by atoms with Crippen LogP contribution < -0.4 is 0 Å². The molecule has 2 aromatic heterocycles. The zero-order valence-electron chi connectivity index (χ0n) is 13.2. The smallest absolute Gasteiger partial charge is 0.220 e. The molecular formula is C14H22N4O2S. The quantitative estimate of drug-likeness (QED) is 0.866. The van der Waals surface area contributed by atoms with E-state index in [1.807, 2.05) is 19.9 Å². The Balaban J connectivity index is 2.26. The standard InChI is InChI=1S/C14H22N4O2S/c1-10-9-11(2)18-12(15-10)16-13(17-18)21(19,20)8-6-7-14(3,4)5/h9H,6-8H2,1-5H3. The van der Waals surface area contributed by atoms with Crippen molar-refractivity contribution in [2.75, 3.05) is 5.75 Å². The molecule has 0 aliphatic heterocycles. The van der Waals surface area contributed by atoms with Gasteiger partial charge in [-0.25, -0.2) is 17.9 Å². The Kier molecular flexibility index (Phi) is 4.06. The van der Waals surface area contributed by atoms with Crippen LogP contribution in [-0.2, 0) is 9.84 Å². The molecule has 0 fully saturated rings. The average molecular weight is 310 g/mol. The summed E-state index contributed by atoms with van der Waals surface area (Å²) in [6, 6.07) is 1.84. The van der Waals surface area contributed by atoms with Crippen LogP contribution in [0, 0.1) is 19.3 Å². The van der Waals surface area contributed by atoms with Gasteiger partial charge in [-0.2, -0.15) is 4.98 Å². The third kappa shape index (κ3) is 3.78. The zero-order valence-corrected chi connectivity index (χ0v) is 14.0. The van der Waals surface area contributed by atoms with Crippen LogP contribution in [0.2, 0.25) is 0 Å². The van der Waals surface area contributed by atoms with E-state index in [0.717, 1.165) is 17.8 Å². The van der Waals surface area contributed by atoms with Gasteiger partial charge < -0.3 is 0 Å². The van der Waals surface area contributed by atoms with Crippen LogP contribution in [0.4, 0.5) is 0 Å². The van der Waals surface area contributed by atoms with E-state index in [9.17, 15) is 8.42 Å². The Morgan fingerprint density at radius 3 is 2.48 bits per heavy atom. The van der Waals surface area contributed by atoms with E-state index >= 15 is 0 Å². The summed E-state index contributed by atoms with van der Waals surface area (Å²) in [5.41, 5.74) is 1.74. The van der Waals surface area contributed by atoms with E-state index in [0.29, 0.717) is 12.2 Å². The van der Waals surface area contributed by atoms with Crippen LogP contribution in [-0.4, -0.2) is 33.8 Å². The lowest BCUT2D eigenvalue weighted by Crippen LogP contribution is -2.12. The maximum atomic E-state index is 12.3. The van der Waals surface area contributed by atoms with Crippen molar-refractivity contribution in [3.05, 3.63) is 17.5 Å². The molecule has 0 spiro atoms. The Bertz CT molecular complexity index is 757. The molecule has 7 heteroatoms. The molecule has 0 unspecified atom stereocenters. The second-order valence-electron chi connectivity index (χ2n) is 6.63. The first-order chi connectivity index (χ1) is 9.58. The molecule has 0 bridgehead atoms. The van der Waals surface area contributed by atoms with Gasteiger partial charge in [0.05, 0.1) is 5.75 Å². The van der Waals surface area contributed by atoms with E-state index in [1.165, 1.54) is 4.52 Å². The Morgan fingerprint density at radius 1 is 1.19 bits per heavy atom. The average Bonchev–Trinajstić information content (AvgIpc) is 2.71. The first-order valence-corrected chi connectivity index (χ1v) is 8.67. The van der Waals surface area contributed by atoms with Gasteiger partial charge in [-0.15, -0.1) is 5.10 Å². The third-order valence-electron chi connectivity index (χ3n) is 3.22. The molecule has 6 nitrogen and oxygen atoms in total. The molecule has 21 heavy (non-hydrogen) atoms. The molecule has 0 aliphatic rings. The van der Waals surface area contributed by atoms with E-state index in [-0.39, 0.29) is 16.3 Å². The molecule has 0 radical (unpaired) electrons. The largest absolute Gasteiger partial charge is 0.269 e. The summed E-state index contributed by atoms with van der Waals surface area (Å²) < 4.78 is 26.1. The van der Waals surface area contributed by atoms with Crippen molar-refractivity contribution in [2.45, 2.75) is 52.6 Å². The van der Waals surface area contributed by atoms with Gasteiger partial charge in [0.1, 0.15) is 0 Å². The fourth-order valence-electron chi connectivity index (χ4n) is 2.16. The molecule has 2 rings (SSSR count). The summed E-state index contributed by atoms with van der Waals surface area (Å²) in [5.74, 6) is 0.404. The summed E-state index contributed by atoms with van der Waals surface area (Å²) in [4.78, 5) is 8.29. The molecule has 0 amide bonds. The van der Waals surface area contributed by atoms with Crippen LogP contribution in [0.1, 0.15) is 45.0 Å². The minimum absolute atomic E-state index is 0.0686. The maximum absolute atomic E-state index is 12.3. The second kappa shape index (κ2) is 5.36. The second-order valence-corrected chi connectivity index (χ2v) is 8.63. The van der Waals surface area contributed by atoms with Gasteiger partial charge in [0.25, 0.3) is 10.9 Å². The molecule has 116 valence electrons. The number of hydrogen-bond donors (Lipinski definition) is 0. The first kappa shape index (κ1) is 15.9. The number of fused-ring (bicyclic) bond motifs is 1. The monoisotopic (exact) mass is 310 g/mol. The van der Waals surface area contributed by atoms with Crippen molar-refractivity contribution in [2.24, 2.45) is 5.41 Å². The number of aromatic nitrogens is 4. The topological polar surface area (TPSA) is 77.2 Å². The van der Waals surface area contributed by atoms with Gasteiger partial charge in [0.15, 0.2) is 0 Å². The highest BCUT2D eigenvalue weighted by Gasteiger charge is 2.22. The lowest BCUT2D eigenvalue weighted by Gasteiger charge is -2.16. The third-order valence-corrected chi connectivity index (χ3v) is 4.77. The van der Waals surface area contributed by atoms with Crippen molar-refractivity contribution in [1.29, 1.82) is 0 Å². The highest BCUT2D eigenvalue weighted by atomic mass is 32.2. The molecule has 0 N–H and O–H groups in total. The van der Waals surface area contributed by atoms with Crippen LogP contribution in [0.5, 0.6) is 0 Å². The molecule has 0 aliphatic carbocycles. The lowest BCUT2D eigenvalue weighted by molar-refractivity contribution is 0.373. The Hall–Kier alpha value is -1.50. The highest BCUT2D eigenvalue weighted by Crippen LogP contribution is 2.22. The molecular weight excluding hydrogens is 288 g/mol. The number of nitrogens with zero attached hydrogens (tertiary/aromatic N) is 4. The Labute approximate surface area is 125 Å². The van der Waals surface area contributed by atoms with Gasteiger partial charge >= 0.3 is 0 Å². The van der Waals surface area contributed by atoms with Crippen molar-refractivity contribution in [3.63, 3.8) is 0 Å². The number of hydrogen-bond acceptors (Lipinski definition) is 5. The minimum Gasteiger partial charge on any atom is -0.220 e. The summed E-state index contributed by atoms with van der Waals surface area (Å²) in [6.45, 7) is 9.99. The Morgan fingerprint density at radius 2 is 1.86 bits per heavy atom. The molecule has 2 heterocycles. The van der Waals surface area contributed by atoms with Crippen molar-refractivity contribution in [1.82, 2.24) is 19.6 Å².